The summed E-state index contributed by atoms with van der Waals surface area (Å²) in [5.41, 5.74) is 0.179. The Morgan fingerprint density at radius 1 is 1.45 bits per heavy atom. The molecule has 1 heterocycles. The van der Waals surface area contributed by atoms with Crippen LogP contribution in [0.2, 0.25) is 0 Å². The van der Waals surface area contributed by atoms with Crippen molar-refractivity contribution in [3.63, 3.8) is 0 Å². The minimum Gasteiger partial charge on any atom is -0.467 e. The molecule has 0 amide bonds. The zero-order chi connectivity index (χ0) is 15.0. The van der Waals surface area contributed by atoms with Crippen molar-refractivity contribution >= 4 is 0 Å². The summed E-state index contributed by atoms with van der Waals surface area (Å²) in [5, 5.41) is 13.1. The molecule has 0 radical (unpaired) electrons. The zero-order valence-electron chi connectivity index (χ0n) is 13.1. The molecule has 1 aromatic heterocycles. The molecule has 0 fully saturated rings. The first-order valence-electron chi connectivity index (χ1n) is 7.03. The average Bonchev–Trinajstić information content (AvgIpc) is 2.79. The van der Waals surface area contributed by atoms with Crippen molar-refractivity contribution in [1.82, 2.24) is 10.2 Å². The normalized spacial score (nSPS) is 13.9. The highest BCUT2D eigenvalue weighted by atomic mass is 16.5. The fraction of sp³-hybridized carbons (Fsp3) is 0.733. The molecule has 1 rings (SSSR count). The van der Waals surface area contributed by atoms with Crippen LogP contribution in [0.4, 0.5) is 0 Å². The second-order valence-electron chi connectivity index (χ2n) is 6.28. The Labute approximate surface area is 121 Å². The largest absolute Gasteiger partial charge is 0.467 e. The molecule has 0 aliphatic heterocycles. The Hall–Kier alpha value is -0.880. The van der Waals surface area contributed by atoms with Gasteiger partial charge < -0.3 is 24.5 Å². The van der Waals surface area contributed by atoms with E-state index in [0.717, 1.165) is 18.8 Å². The fourth-order valence-corrected chi connectivity index (χ4v) is 2.24. The van der Waals surface area contributed by atoms with Crippen LogP contribution in [0.3, 0.4) is 0 Å². The molecule has 0 bridgehead atoms. The molecule has 0 saturated carbocycles. The van der Waals surface area contributed by atoms with Gasteiger partial charge in [-0.2, -0.15) is 0 Å². The summed E-state index contributed by atoms with van der Waals surface area (Å²) in [6, 6.07) is 3.68. The van der Waals surface area contributed by atoms with Crippen LogP contribution in [0.1, 0.15) is 19.6 Å². The second-order valence-corrected chi connectivity index (χ2v) is 6.28. The topological polar surface area (TPSA) is 57.9 Å². The Kier molecular flexibility index (Phi) is 7.23. The highest BCUT2D eigenvalue weighted by Crippen LogP contribution is 2.13. The number of furan rings is 1. The molecule has 0 aromatic carbocycles. The van der Waals surface area contributed by atoms with E-state index in [9.17, 15) is 5.11 Å². The van der Waals surface area contributed by atoms with Gasteiger partial charge in [0.15, 0.2) is 0 Å². The van der Waals surface area contributed by atoms with Gasteiger partial charge in [0, 0.05) is 19.6 Å². The van der Waals surface area contributed by atoms with E-state index in [1.807, 2.05) is 12.1 Å². The predicted octanol–water partition coefficient (Wildman–Crippen LogP) is 1.33. The smallest absolute Gasteiger partial charge is 0.129 e. The minimum atomic E-state index is -0.500. The third-order valence-corrected chi connectivity index (χ3v) is 2.86. The van der Waals surface area contributed by atoms with Crippen molar-refractivity contribution in [3.8, 4) is 0 Å². The van der Waals surface area contributed by atoms with E-state index in [2.05, 4.69) is 38.2 Å². The molecule has 1 unspecified atom stereocenters. The van der Waals surface area contributed by atoms with Crippen molar-refractivity contribution in [2.24, 2.45) is 5.41 Å². The van der Waals surface area contributed by atoms with Crippen molar-refractivity contribution in [2.75, 3.05) is 40.3 Å². The van der Waals surface area contributed by atoms with Gasteiger partial charge in [0.05, 0.1) is 19.0 Å². The standard InChI is InChI=1S/C15H28N2O3/c1-15(2,12-17(3)4)11-16-8-13(18)9-19-10-14-6-5-7-20-14/h5-7,13,16,18H,8-12H2,1-4H3. The van der Waals surface area contributed by atoms with E-state index in [1.54, 1.807) is 6.26 Å². The van der Waals surface area contributed by atoms with Gasteiger partial charge in [0.1, 0.15) is 12.4 Å². The van der Waals surface area contributed by atoms with E-state index < -0.39 is 6.10 Å². The number of aliphatic hydroxyl groups is 1. The first-order chi connectivity index (χ1) is 9.39. The SMILES string of the molecule is CN(C)CC(C)(C)CNCC(O)COCc1ccco1. The lowest BCUT2D eigenvalue weighted by atomic mass is 9.93. The molecule has 2 N–H and O–H groups in total. The van der Waals surface area contributed by atoms with E-state index >= 15 is 0 Å². The van der Waals surface area contributed by atoms with Crippen LogP contribution in [0.15, 0.2) is 22.8 Å². The molecule has 1 aromatic rings. The van der Waals surface area contributed by atoms with Gasteiger partial charge >= 0.3 is 0 Å². The number of aliphatic hydroxyl groups excluding tert-OH is 1. The van der Waals surface area contributed by atoms with Gasteiger partial charge in [-0.3, -0.25) is 0 Å². The predicted molar refractivity (Wildman–Crippen MR) is 79.6 cm³/mol. The third-order valence-electron chi connectivity index (χ3n) is 2.86. The summed E-state index contributed by atoms with van der Waals surface area (Å²) in [4.78, 5) is 2.17. The Balaban J connectivity index is 2.09. The number of hydrogen-bond donors (Lipinski definition) is 2. The van der Waals surface area contributed by atoms with E-state index in [4.69, 9.17) is 9.15 Å². The number of ether oxygens (including phenoxy) is 1. The van der Waals surface area contributed by atoms with Gasteiger partial charge in [-0.25, -0.2) is 0 Å². The maximum absolute atomic E-state index is 9.83. The number of nitrogens with zero attached hydrogens (tertiary/aromatic N) is 1. The van der Waals surface area contributed by atoms with Gasteiger partial charge in [-0.1, -0.05) is 13.8 Å². The molecule has 0 aliphatic rings. The molecule has 5 nitrogen and oxygen atoms in total. The lowest BCUT2D eigenvalue weighted by molar-refractivity contribution is 0.0216. The molecule has 0 saturated heterocycles. The molecule has 1 atom stereocenters. The molecule has 116 valence electrons. The molecule has 5 heteroatoms. The zero-order valence-corrected chi connectivity index (χ0v) is 13.1. The highest BCUT2D eigenvalue weighted by molar-refractivity contribution is 4.96. The molecular formula is C15H28N2O3. The van der Waals surface area contributed by atoms with Gasteiger partial charge in [0.2, 0.25) is 0 Å². The van der Waals surface area contributed by atoms with Crippen LogP contribution in [0.25, 0.3) is 0 Å². The van der Waals surface area contributed by atoms with Crippen molar-refractivity contribution in [3.05, 3.63) is 24.2 Å². The second kappa shape index (κ2) is 8.42. The third kappa shape index (κ3) is 7.65. The van der Waals surface area contributed by atoms with Crippen LogP contribution in [-0.4, -0.2) is 56.4 Å². The Bertz CT molecular complexity index is 350. The summed E-state index contributed by atoms with van der Waals surface area (Å²) in [7, 11) is 4.14. The molecular weight excluding hydrogens is 256 g/mol. The van der Waals surface area contributed by atoms with Crippen LogP contribution in [0, 0.1) is 5.41 Å². The first kappa shape index (κ1) is 17.2. The highest BCUT2D eigenvalue weighted by Gasteiger charge is 2.18. The quantitative estimate of drug-likeness (QED) is 0.679. The van der Waals surface area contributed by atoms with E-state index in [0.29, 0.717) is 19.8 Å². The maximum atomic E-state index is 9.83. The number of hydrogen-bond acceptors (Lipinski definition) is 5. The fourth-order valence-electron chi connectivity index (χ4n) is 2.24. The van der Waals surface area contributed by atoms with Gasteiger partial charge in [0.25, 0.3) is 0 Å². The molecule has 0 aliphatic carbocycles. The number of nitrogens with one attached hydrogen (secondary N) is 1. The Morgan fingerprint density at radius 3 is 2.80 bits per heavy atom. The average molecular weight is 284 g/mol. The van der Waals surface area contributed by atoms with Crippen LogP contribution >= 0.6 is 0 Å². The van der Waals surface area contributed by atoms with Crippen molar-refractivity contribution < 1.29 is 14.3 Å². The van der Waals surface area contributed by atoms with Crippen LogP contribution in [-0.2, 0) is 11.3 Å². The first-order valence-corrected chi connectivity index (χ1v) is 7.03. The lowest BCUT2D eigenvalue weighted by Gasteiger charge is -2.29. The lowest BCUT2D eigenvalue weighted by Crippen LogP contribution is -2.40. The van der Waals surface area contributed by atoms with E-state index in [1.165, 1.54) is 0 Å². The van der Waals surface area contributed by atoms with Gasteiger partial charge in [-0.05, 0) is 31.6 Å². The maximum Gasteiger partial charge on any atom is 0.129 e. The summed E-state index contributed by atoms with van der Waals surface area (Å²) < 4.78 is 10.5. The minimum absolute atomic E-state index is 0.179. The monoisotopic (exact) mass is 284 g/mol. The van der Waals surface area contributed by atoms with Crippen molar-refractivity contribution in [1.29, 1.82) is 0 Å². The summed E-state index contributed by atoms with van der Waals surface area (Å²) in [5.74, 6) is 0.775. The van der Waals surface area contributed by atoms with Crippen molar-refractivity contribution in [2.45, 2.75) is 26.6 Å². The number of rotatable bonds is 10. The molecule has 20 heavy (non-hydrogen) atoms. The van der Waals surface area contributed by atoms with Crippen LogP contribution < -0.4 is 5.32 Å². The Morgan fingerprint density at radius 2 is 2.20 bits per heavy atom. The summed E-state index contributed by atoms with van der Waals surface area (Å²) >= 11 is 0. The van der Waals surface area contributed by atoms with E-state index in [-0.39, 0.29) is 5.41 Å². The summed E-state index contributed by atoms with van der Waals surface area (Å²) in [6.45, 7) is 7.53. The van der Waals surface area contributed by atoms with Crippen LogP contribution in [0.5, 0.6) is 0 Å². The summed E-state index contributed by atoms with van der Waals surface area (Å²) in [6.07, 6.45) is 1.11. The molecule has 0 spiro atoms. The van der Waals surface area contributed by atoms with Gasteiger partial charge in [-0.15, -0.1) is 0 Å².